The minimum atomic E-state index is -0.794. The van der Waals surface area contributed by atoms with E-state index in [4.69, 9.17) is 9.84 Å². The molecule has 104 valence electrons. The zero-order valence-corrected chi connectivity index (χ0v) is 12.1. The second-order valence-corrected chi connectivity index (χ2v) is 5.37. The summed E-state index contributed by atoms with van der Waals surface area (Å²) in [6.45, 7) is 3.20. The van der Waals surface area contributed by atoms with Crippen LogP contribution in [0.3, 0.4) is 0 Å². The van der Waals surface area contributed by atoms with Gasteiger partial charge in [0.25, 0.3) is 0 Å². The van der Waals surface area contributed by atoms with E-state index >= 15 is 0 Å². The number of carboxylic acid groups (broad SMARTS) is 1. The van der Waals surface area contributed by atoms with Gasteiger partial charge in [-0.25, -0.2) is 0 Å². The summed E-state index contributed by atoms with van der Waals surface area (Å²) in [5, 5.41) is 8.81. The summed E-state index contributed by atoms with van der Waals surface area (Å²) in [6.07, 6.45) is 0. The van der Waals surface area contributed by atoms with Crippen LogP contribution in [0.5, 0.6) is 5.75 Å². The van der Waals surface area contributed by atoms with Gasteiger partial charge >= 0.3 is 5.97 Å². The number of Topliss-reactive ketones (excluding diaryl/α,β-unsaturated/α-hetero) is 1. The van der Waals surface area contributed by atoms with Crippen molar-refractivity contribution in [2.75, 3.05) is 12.9 Å². The number of ketones is 1. The summed E-state index contributed by atoms with van der Waals surface area (Å²) in [5.74, 6) is 0.710. The predicted octanol–water partition coefficient (Wildman–Crippen LogP) is 2.85. The molecule has 0 saturated carbocycles. The molecule has 0 aliphatic carbocycles. The highest BCUT2D eigenvalue weighted by molar-refractivity contribution is 7.98. The fraction of sp³-hybridized carbons (Fsp3) is 0.429. The highest BCUT2D eigenvalue weighted by Gasteiger charge is 2.12. The maximum Gasteiger partial charge on any atom is 0.307 e. The Morgan fingerprint density at radius 2 is 2.11 bits per heavy atom. The first-order chi connectivity index (χ1) is 8.95. The Hall–Kier alpha value is -1.49. The van der Waals surface area contributed by atoms with Gasteiger partial charge in [0.15, 0.2) is 5.78 Å². The second-order valence-electron chi connectivity index (χ2n) is 4.34. The molecule has 0 amide bonds. The smallest absolute Gasteiger partial charge is 0.307 e. The topological polar surface area (TPSA) is 63.6 Å². The number of aliphatic carboxylic acids is 1. The quantitative estimate of drug-likeness (QED) is 0.779. The molecular formula is C14H18O4S. The van der Waals surface area contributed by atoms with Crippen LogP contribution < -0.4 is 4.74 Å². The summed E-state index contributed by atoms with van der Waals surface area (Å²) < 4.78 is 5.24. The maximum atomic E-state index is 11.3. The molecule has 19 heavy (non-hydrogen) atoms. The lowest BCUT2D eigenvalue weighted by Gasteiger charge is -2.10. The minimum absolute atomic E-state index is 0.00723. The van der Waals surface area contributed by atoms with E-state index in [1.807, 2.05) is 0 Å². The molecule has 0 heterocycles. The van der Waals surface area contributed by atoms with Crippen LogP contribution in [-0.4, -0.2) is 29.7 Å². The molecule has 1 N–H and O–H groups in total. The van der Waals surface area contributed by atoms with Crippen molar-refractivity contribution in [2.24, 2.45) is 5.92 Å². The Morgan fingerprint density at radius 3 is 2.63 bits per heavy atom. The first-order valence-corrected chi connectivity index (χ1v) is 7.09. The van der Waals surface area contributed by atoms with Crippen molar-refractivity contribution < 1.29 is 19.4 Å². The Morgan fingerprint density at radius 1 is 1.42 bits per heavy atom. The number of thioether (sulfide) groups is 1. The number of carbonyl (C=O) groups is 2. The van der Waals surface area contributed by atoms with Crippen LogP contribution in [0.2, 0.25) is 0 Å². The van der Waals surface area contributed by atoms with Gasteiger partial charge in [0.05, 0.1) is 13.0 Å². The fourth-order valence-corrected chi connectivity index (χ4v) is 2.59. The zero-order chi connectivity index (χ0) is 14.4. The molecule has 0 radical (unpaired) electrons. The number of benzene rings is 1. The number of hydrogen-bond donors (Lipinski definition) is 1. The van der Waals surface area contributed by atoms with Crippen LogP contribution in [0.15, 0.2) is 18.2 Å². The maximum absolute atomic E-state index is 11.3. The molecule has 0 fully saturated rings. The van der Waals surface area contributed by atoms with Crippen LogP contribution >= 0.6 is 11.8 Å². The Balaban J connectivity index is 2.72. The standard InChI is InChI=1S/C14H18O4S/c1-9(14(16)17)7-19-8-12-6-11(10(2)15)4-5-13(12)18-3/h4-6,9H,7-8H2,1-3H3,(H,16,17). The van der Waals surface area contributed by atoms with Gasteiger partial charge in [-0.1, -0.05) is 6.92 Å². The first kappa shape index (κ1) is 15.6. The van der Waals surface area contributed by atoms with E-state index in [9.17, 15) is 9.59 Å². The largest absolute Gasteiger partial charge is 0.496 e. The van der Waals surface area contributed by atoms with Gasteiger partial charge in [0.2, 0.25) is 0 Å². The van der Waals surface area contributed by atoms with Crippen molar-refractivity contribution in [1.29, 1.82) is 0 Å². The molecule has 4 nitrogen and oxygen atoms in total. The van der Waals surface area contributed by atoms with E-state index in [0.717, 1.165) is 11.3 Å². The Bertz CT molecular complexity index is 471. The van der Waals surface area contributed by atoms with Crippen LogP contribution in [0.1, 0.15) is 29.8 Å². The van der Waals surface area contributed by atoms with Crippen molar-refractivity contribution in [3.8, 4) is 5.75 Å². The molecule has 0 bridgehead atoms. The van der Waals surface area contributed by atoms with Gasteiger partial charge in [-0.2, -0.15) is 11.8 Å². The lowest BCUT2D eigenvalue weighted by atomic mass is 10.1. The average molecular weight is 282 g/mol. The van der Waals surface area contributed by atoms with Crippen LogP contribution in [0.4, 0.5) is 0 Å². The molecule has 1 unspecified atom stereocenters. The third-order valence-corrected chi connectivity index (χ3v) is 3.98. The average Bonchev–Trinajstić information content (AvgIpc) is 2.38. The van der Waals surface area contributed by atoms with Crippen molar-refractivity contribution in [2.45, 2.75) is 19.6 Å². The summed E-state index contributed by atoms with van der Waals surface area (Å²) in [7, 11) is 1.58. The van der Waals surface area contributed by atoms with Crippen LogP contribution in [-0.2, 0) is 10.5 Å². The first-order valence-electron chi connectivity index (χ1n) is 5.94. The lowest BCUT2D eigenvalue weighted by Crippen LogP contribution is -2.11. The van der Waals surface area contributed by atoms with Gasteiger partial charge in [-0.15, -0.1) is 0 Å². The van der Waals surface area contributed by atoms with Gasteiger partial charge in [-0.3, -0.25) is 9.59 Å². The molecule has 0 spiro atoms. The van der Waals surface area contributed by atoms with Gasteiger partial charge in [0, 0.05) is 22.6 Å². The Kier molecular flexibility index (Phi) is 5.89. The number of rotatable bonds is 7. The van der Waals surface area contributed by atoms with Gasteiger partial charge in [0.1, 0.15) is 5.75 Å². The minimum Gasteiger partial charge on any atom is -0.496 e. The molecule has 0 saturated heterocycles. The number of hydrogen-bond acceptors (Lipinski definition) is 4. The molecule has 0 aromatic heterocycles. The molecule has 1 aromatic rings. The van der Waals surface area contributed by atoms with Gasteiger partial charge < -0.3 is 9.84 Å². The molecule has 0 aliphatic rings. The summed E-state index contributed by atoms with van der Waals surface area (Å²) >= 11 is 1.52. The molecule has 5 heteroatoms. The van der Waals surface area contributed by atoms with E-state index in [-0.39, 0.29) is 11.7 Å². The normalized spacial score (nSPS) is 11.9. The van der Waals surface area contributed by atoms with Gasteiger partial charge in [-0.05, 0) is 25.1 Å². The SMILES string of the molecule is COc1ccc(C(C)=O)cc1CSCC(C)C(=O)O. The van der Waals surface area contributed by atoms with E-state index in [1.165, 1.54) is 18.7 Å². The third-order valence-electron chi connectivity index (χ3n) is 2.73. The van der Waals surface area contributed by atoms with E-state index in [1.54, 1.807) is 32.2 Å². The second kappa shape index (κ2) is 7.19. The number of methoxy groups -OCH3 is 1. The van der Waals surface area contributed by atoms with Crippen molar-refractivity contribution in [3.63, 3.8) is 0 Å². The van der Waals surface area contributed by atoms with E-state index in [0.29, 0.717) is 17.1 Å². The third kappa shape index (κ3) is 4.59. The fourth-order valence-electron chi connectivity index (χ4n) is 1.53. The van der Waals surface area contributed by atoms with Crippen molar-refractivity contribution in [1.82, 2.24) is 0 Å². The molecule has 1 aromatic carbocycles. The lowest BCUT2D eigenvalue weighted by molar-refractivity contribution is -0.140. The van der Waals surface area contributed by atoms with Crippen LogP contribution in [0, 0.1) is 5.92 Å². The molecule has 1 atom stereocenters. The van der Waals surface area contributed by atoms with Crippen molar-refractivity contribution in [3.05, 3.63) is 29.3 Å². The summed E-state index contributed by atoms with van der Waals surface area (Å²) in [4.78, 5) is 22.1. The zero-order valence-electron chi connectivity index (χ0n) is 11.3. The monoisotopic (exact) mass is 282 g/mol. The number of ether oxygens (including phenoxy) is 1. The van der Waals surface area contributed by atoms with E-state index in [2.05, 4.69) is 0 Å². The predicted molar refractivity (Wildman–Crippen MR) is 76.0 cm³/mol. The summed E-state index contributed by atoms with van der Waals surface area (Å²) in [5.41, 5.74) is 1.56. The van der Waals surface area contributed by atoms with Crippen LogP contribution in [0.25, 0.3) is 0 Å². The number of carboxylic acids is 1. The summed E-state index contributed by atoms with van der Waals surface area (Å²) in [6, 6.07) is 5.31. The molecular weight excluding hydrogens is 264 g/mol. The molecule has 1 rings (SSSR count). The number of carbonyl (C=O) groups excluding carboxylic acids is 1. The van der Waals surface area contributed by atoms with Crippen molar-refractivity contribution >= 4 is 23.5 Å². The highest BCUT2D eigenvalue weighted by Crippen LogP contribution is 2.25. The highest BCUT2D eigenvalue weighted by atomic mass is 32.2. The Labute approximate surface area is 117 Å². The van der Waals surface area contributed by atoms with E-state index < -0.39 is 5.97 Å². The molecule has 0 aliphatic heterocycles.